The second kappa shape index (κ2) is 7.61. The number of ether oxygens (including phenoxy) is 1. The average molecular weight is 304 g/mol. The first kappa shape index (κ1) is 16.9. The Morgan fingerprint density at radius 2 is 2.15 bits per heavy atom. The van der Waals surface area contributed by atoms with E-state index >= 15 is 0 Å². The number of aryl methyl sites for hydroxylation is 1. The Labute approximate surface area is 120 Å². The van der Waals surface area contributed by atoms with E-state index in [1.807, 2.05) is 13.8 Å². The lowest BCUT2D eigenvalue weighted by atomic mass is 10.2. The lowest BCUT2D eigenvalue weighted by molar-refractivity contribution is 0.171. The van der Waals surface area contributed by atoms with Crippen molar-refractivity contribution in [2.24, 2.45) is 0 Å². The molecule has 0 aliphatic carbocycles. The van der Waals surface area contributed by atoms with Gasteiger partial charge in [0.05, 0.1) is 6.61 Å². The van der Waals surface area contributed by atoms with Gasteiger partial charge in [0.2, 0.25) is 10.0 Å². The van der Waals surface area contributed by atoms with Crippen LogP contribution in [-0.2, 0) is 21.3 Å². The Hall–Kier alpha value is -1.12. The number of sulfonamides is 1. The molecule has 0 aromatic carbocycles. The van der Waals surface area contributed by atoms with Gasteiger partial charge in [-0.3, -0.25) is 4.68 Å². The van der Waals surface area contributed by atoms with Gasteiger partial charge in [-0.1, -0.05) is 20.3 Å². The highest BCUT2D eigenvalue weighted by Gasteiger charge is 2.24. The maximum Gasteiger partial charge on any atom is 0.246 e. The van der Waals surface area contributed by atoms with Crippen molar-refractivity contribution in [3.05, 3.63) is 6.20 Å². The van der Waals surface area contributed by atoms with Gasteiger partial charge in [0.25, 0.3) is 0 Å². The maximum absolute atomic E-state index is 12.3. The standard InChI is InChI=1S/C12H24N4O3S/c1-4-6-10(9-19-3)15-20(17,18)11-8-16(7-5-2)14-12(11)13/h8,10,15H,4-7,9H2,1-3H3,(H2,13,14). The largest absolute Gasteiger partial charge is 0.383 e. The van der Waals surface area contributed by atoms with Gasteiger partial charge in [-0.2, -0.15) is 5.10 Å². The normalized spacial score (nSPS) is 13.6. The SMILES string of the molecule is CCCC(COC)NS(=O)(=O)c1cn(CCC)nc1N. The van der Waals surface area contributed by atoms with E-state index in [1.54, 1.807) is 11.8 Å². The zero-order chi connectivity index (χ0) is 15.2. The van der Waals surface area contributed by atoms with Crippen LogP contribution in [0, 0.1) is 0 Å². The molecular weight excluding hydrogens is 280 g/mol. The van der Waals surface area contributed by atoms with Crippen molar-refractivity contribution in [1.29, 1.82) is 0 Å². The number of aromatic nitrogens is 2. The number of hydrogen-bond acceptors (Lipinski definition) is 5. The number of nitrogen functional groups attached to an aromatic ring is 1. The van der Waals surface area contributed by atoms with Crippen LogP contribution in [0.2, 0.25) is 0 Å². The molecule has 1 unspecified atom stereocenters. The molecule has 0 aliphatic heterocycles. The van der Waals surface area contributed by atoms with E-state index in [4.69, 9.17) is 10.5 Å². The molecule has 116 valence electrons. The first-order valence-corrected chi connectivity index (χ1v) is 8.27. The molecule has 1 atom stereocenters. The predicted octanol–water partition coefficient (Wildman–Crippen LogP) is 0.969. The van der Waals surface area contributed by atoms with Gasteiger partial charge < -0.3 is 10.5 Å². The number of nitrogens with zero attached hydrogens (tertiary/aromatic N) is 2. The Morgan fingerprint density at radius 3 is 2.70 bits per heavy atom. The highest BCUT2D eigenvalue weighted by atomic mass is 32.2. The highest BCUT2D eigenvalue weighted by molar-refractivity contribution is 7.89. The molecule has 1 aromatic heterocycles. The predicted molar refractivity (Wildman–Crippen MR) is 77.8 cm³/mol. The summed E-state index contributed by atoms with van der Waals surface area (Å²) in [5.41, 5.74) is 5.70. The fraction of sp³-hybridized carbons (Fsp3) is 0.750. The molecule has 0 saturated heterocycles. The molecule has 0 bridgehead atoms. The Bertz CT molecular complexity index is 507. The van der Waals surface area contributed by atoms with Crippen LogP contribution in [0.5, 0.6) is 0 Å². The van der Waals surface area contributed by atoms with Crippen LogP contribution in [0.4, 0.5) is 5.82 Å². The molecular formula is C12H24N4O3S. The van der Waals surface area contributed by atoms with E-state index in [0.29, 0.717) is 19.6 Å². The first-order valence-electron chi connectivity index (χ1n) is 6.78. The molecule has 0 spiro atoms. The molecule has 20 heavy (non-hydrogen) atoms. The van der Waals surface area contributed by atoms with Crippen LogP contribution in [-0.4, -0.2) is 38.0 Å². The molecule has 0 aliphatic rings. The summed E-state index contributed by atoms with van der Waals surface area (Å²) in [6.07, 6.45) is 3.89. The van der Waals surface area contributed by atoms with E-state index in [-0.39, 0.29) is 16.8 Å². The third-order valence-corrected chi connectivity index (χ3v) is 4.36. The molecule has 1 heterocycles. The van der Waals surface area contributed by atoms with Gasteiger partial charge in [-0.05, 0) is 12.8 Å². The summed E-state index contributed by atoms with van der Waals surface area (Å²) in [6, 6.07) is -0.260. The third kappa shape index (κ3) is 4.46. The fourth-order valence-corrected chi connectivity index (χ4v) is 3.31. The van der Waals surface area contributed by atoms with E-state index < -0.39 is 10.0 Å². The minimum atomic E-state index is -3.67. The summed E-state index contributed by atoms with van der Waals surface area (Å²) >= 11 is 0. The maximum atomic E-state index is 12.3. The van der Waals surface area contributed by atoms with Crippen LogP contribution in [0.25, 0.3) is 0 Å². The first-order chi connectivity index (χ1) is 9.44. The van der Waals surface area contributed by atoms with Gasteiger partial charge in [-0.25, -0.2) is 13.1 Å². The fourth-order valence-electron chi connectivity index (χ4n) is 1.98. The minimum Gasteiger partial charge on any atom is -0.383 e. The molecule has 0 saturated carbocycles. The number of methoxy groups -OCH3 is 1. The smallest absolute Gasteiger partial charge is 0.246 e. The van der Waals surface area contributed by atoms with Gasteiger partial charge >= 0.3 is 0 Å². The Morgan fingerprint density at radius 1 is 1.45 bits per heavy atom. The topological polar surface area (TPSA) is 99.2 Å². The average Bonchev–Trinajstić information content (AvgIpc) is 2.72. The monoisotopic (exact) mass is 304 g/mol. The molecule has 0 radical (unpaired) electrons. The van der Waals surface area contributed by atoms with Crippen molar-refractivity contribution >= 4 is 15.8 Å². The third-order valence-electron chi connectivity index (χ3n) is 2.82. The van der Waals surface area contributed by atoms with E-state index in [9.17, 15) is 8.42 Å². The van der Waals surface area contributed by atoms with Crippen molar-refractivity contribution in [2.75, 3.05) is 19.5 Å². The molecule has 8 heteroatoms. The van der Waals surface area contributed by atoms with Crippen molar-refractivity contribution in [3.8, 4) is 0 Å². The number of hydrogen-bond donors (Lipinski definition) is 2. The Kier molecular flexibility index (Phi) is 6.44. The lowest BCUT2D eigenvalue weighted by Gasteiger charge is -2.16. The van der Waals surface area contributed by atoms with Crippen molar-refractivity contribution in [1.82, 2.24) is 14.5 Å². The van der Waals surface area contributed by atoms with Crippen LogP contribution in [0.1, 0.15) is 33.1 Å². The van der Waals surface area contributed by atoms with Crippen LogP contribution in [0.15, 0.2) is 11.1 Å². The second-order valence-electron chi connectivity index (χ2n) is 4.70. The van der Waals surface area contributed by atoms with Crippen molar-refractivity contribution in [3.63, 3.8) is 0 Å². The quantitative estimate of drug-likeness (QED) is 0.708. The lowest BCUT2D eigenvalue weighted by Crippen LogP contribution is -2.38. The summed E-state index contributed by atoms with van der Waals surface area (Å²) in [5, 5.41) is 4.01. The van der Waals surface area contributed by atoms with Gasteiger partial charge in [0.1, 0.15) is 4.90 Å². The van der Waals surface area contributed by atoms with Crippen LogP contribution in [0.3, 0.4) is 0 Å². The number of anilines is 1. The molecule has 3 N–H and O–H groups in total. The van der Waals surface area contributed by atoms with E-state index in [2.05, 4.69) is 9.82 Å². The van der Waals surface area contributed by atoms with Crippen LogP contribution >= 0.6 is 0 Å². The summed E-state index contributed by atoms with van der Waals surface area (Å²) in [6.45, 7) is 4.94. The molecule has 1 aromatic rings. The molecule has 7 nitrogen and oxygen atoms in total. The summed E-state index contributed by atoms with van der Waals surface area (Å²) in [7, 11) is -2.12. The summed E-state index contributed by atoms with van der Waals surface area (Å²) in [4.78, 5) is 0.0307. The molecule has 1 rings (SSSR count). The summed E-state index contributed by atoms with van der Waals surface area (Å²) < 4.78 is 33.9. The second-order valence-corrected chi connectivity index (χ2v) is 6.39. The molecule has 0 amide bonds. The zero-order valence-electron chi connectivity index (χ0n) is 12.3. The van der Waals surface area contributed by atoms with E-state index in [1.165, 1.54) is 6.20 Å². The van der Waals surface area contributed by atoms with Gasteiger partial charge in [0.15, 0.2) is 5.82 Å². The van der Waals surface area contributed by atoms with Crippen molar-refractivity contribution < 1.29 is 13.2 Å². The number of nitrogens with two attached hydrogens (primary N) is 1. The highest BCUT2D eigenvalue weighted by Crippen LogP contribution is 2.17. The summed E-state index contributed by atoms with van der Waals surface area (Å²) in [5.74, 6) is 0.0265. The number of rotatable bonds is 9. The van der Waals surface area contributed by atoms with Crippen molar-refractivity contribution in [2.45, 2.75) is 50.6 Å². The molecule has 0 fully saturated rings. The van der Waals surface area contributed by atoms with E-state index in [0.717, 1.165) is 12.8 Å². The minimum absolute atomic E-state index is 0.0265. The van der Waals surface area contributed by atoms with Gasteiger partial charge in [-0.15, -0.1) is 0 Å². The van der Waals surface area contributed by atoms with Crippen LogP contribution < -0.4 is 10.5 Å². The Balaban J connectivity index is 2.91. The van der Waals surface area contributed by atoms with Gasteiger partial charge in [0, 0.05) is 25.9 Å². The number of nitrogens with one attached hydrogen (secondary N) is 1. The zero-order valence-corrected chi connectivity index (χ0v) is 13.1.